The minimum atomic E-state index is -0.243. The van der Waals surface area contributed by atoms with Crippen molar-refractivity contribution in [2.75, 3.05) is 0 Å². The van der Waals surface area contributed by atoms with Gasteiger partial charge in [-0.25, -0.2) is 5.43 Å². The summed E-state index contributed by atoms with van der Waals surface area (Å²) >= 11 is 0. The highest BCUT2D eigenvalue weighted by Crippen LogP contribution is 2.32. The van der Waals surface area contributed by atoms with Gasteiger partial charge in [-0.15, -0.1) is 0 Å². The maximum absolute atomic E-state index is 13.2. The van der Waals surface area contributed by atoms with Gasteiger partial charge in [0.1, 0.15) is 5.76 Å². The van der Waals surface area contributed by atoms with Gasteiger partial charge in [0.05, 0.1) is 5.71 Å². The van der Waals surface area contributed by atoms with Crippen LogP contribution in [0.1, 0.15) is 96.7 Å². The van der Waals surface area contributed by atoms with Crippen LogP contribution in [0.2, 0.25) is 0 Å². The van der Waals surface area contributed by atoms with Crippen LogP contribution in [0.4, 0.5) is 0 Å². The highest BCUT2D eigenvalue weighted by molar-refractivity contribution is 6.07. The summed E-state index contributed by atoms with van der Waals surface area (Å²) in [6.45, 7) is 12.5. The van der Waals surface area contributed by atoms with Crippen molar-refractivity contribution >= 4 is 17.5 Å². The number of nitrogens with one attached hydrogen (secondary N) is 3. The summed E-state index contributed by atoms with van der Waals surface area (Å²) in [6, 6.07) is 7.48. The number of furan rings is 1. The first kappa shape index (κ1) is 24.2. The normalized spacial score (nSPS) is 20.6. The molecular formula is C27H36N4O3. The number of fused-ring (bicyclic) bond motifs is 1. The molecule has 7 heteroatoms. The molecule has 7 nitrogen and oxygen atoms in total. The average Bonchev–Trinajstić information content (AvgIpc) is 3.07. The van der Waals surface area contributed by atoms with Crippen LogP contribution in [-0.4, -0.2) is 34.6 Å². The summed E-state index contributed by atoms with van der Waals surface area (Å²) < 4.78 is 6.06. The van der Waals surface area contributed by atoms with Crippen molar-refractivity contribution in [2.24, 2.45) is 5.10 Å². The minimum Gasteiger partial charge on any atom is -0.455 e. The summed E-state index contributed by atoms with van der Waals surface area (Å²) in [6.07, 6.45) is 4.02. The molecule has 2 aromatic rings. The lowest BCUT2D eigenvalue weighted by Gasteiger charge is -2.46. The quantitative estimate of drug-likeness (QED) is 0.584. The van der Waals surface area contributed by atoms with Gasteiger partial charge in [-0.2, -0.15) is 5.10 Å². The first-order chi connectivity index (χ1) is 16.0. The second kappa shape index (κ2) is 9.02. The third-order valence-electron chi connectivity index (χ3n) is 6.74. The molecule has 34 heavy (non-hydrogen) atoms. The van der Waals surface area contributed by atoms with Gasteiger partial charge in [0.25, 0.3) is 11.8 Å². The van der Waals surface area contributed by atoms with E-state index in [2.05, 4.69) is 48.9 Å². The first-order valence-electron chi connectivity index (χ1n) is 12.1. The van der Waals surface area contributed by atoms with E-state index >= 15 is 0 Å². The monoisotopic (exact) mass is 464 g/mol. The number of hydrazone groups is 1. The number of amides is 2. The molecule has 1 saturated heterocycles. The molecular weight excluding hydrogens is 428 g/mol. The molecule has 3 N–H and O–H groups in total. The van der Waals surface area contributed by atoms with Gasteiger partial charge in [0, 0.05) is 40.2 Å². The Hall–Kier alpha value is -2.93. The molecule has 2 heterocycles. The van der Waals surface area contributed by atoms with E-state index < -0.39 is 0 Å². The van der Waals surface area contributed by atoms with E-state index in [0.717, 1.165) is 60.3 Å². The fraction of sp³-hybridized carbons (Fsp3) is 0.519. The van der Waals surface area contributed by atoms with Crippen LogP contribution in [0, 0.1) is 13.8 Å². The van der Waals surface area contributed by atoms with Gasteiger partial charge in [0.2, 0.25) is 0 Å². The molecule has 1 fully saturated rings. The Morgan fingerprint density at radius 2 is 1.71 bits per heavy atom. The van der Waals surface area contributed by atoms with Crippen LogP contribution in [0.3, 0.4) is 0 Å². The molecule has 2 aliphatic rings. The smallest absolute Gasteiger partial charge is 0.287 e. The Balaban J connectivity index is 1.53. The zero-order valence-corrected chi connectivity index (χ0v) is 21.1. The van der Waals surface area contributed by atoms with Gasteiger partial charge in [-0.1, -0.05) is 18.2 Å². The van der Waals surface area contributed by atoms with Crippen molar-refractivity contribution in [2.45, 2.75) is 90.8 Å². The number of hydrogen-bond acceptors (Lipinski definition) is 5. The van der Waals surface area contributed by atoms with Gasteiger partial charge < -0.3 is 15.1 Å². The molecule has 2 amide bonds. The van der Waals surface area contributed by atoms with Crippen LogP contribution in [0.25, 0.3) is 0 Å². The Kier molecular flexibility index (Phi) is 6.42. The number of piperidine rings is 1. The highest BCUT2D eigenvalue weighted by Gasteiger charge is 2.39. The van der Waals surface area contributed by atoms with Crippen LogP contribution in [0.5, 0.6) is 0 Å². The summed E-state index contributed by atoms with van der Waals surface area (Å²) in [5.41, 5.74) is 6.46. The van der Waals surface area contributed by atoms with Crippen molar-refractivity contribution in [3.05, 3.63) is 58.0 Å². The fourth-order valence-electron chi connectivity index (χ4n) is 5.68. The Morgan fingerprint density at radius 3 is 2.38 bits per heavy atom. The molecule has 1 aromatic heterocycles. The first-order valence-corrected chi connectivity index (χ1v) is 12.1. The number of carbonyl (C=O) groups is 2. The number of hydrogen-bond donors (Lipinski definition) is 3. The second-order valence-electron chi connectivity index (χ2n) is 11.0. The van der Waals surface area contributed by atoms with Crippen molar-refractivity contribution < 1.29 is 14.0 Å². The molecule has 1 aliphatic carbocycles. The summed E-state index contributed by atoms with van der Waals surface area (Å²) in [7, 11) is 0. The predicted molar refractivity (Wildman–Crippen MR) is 133 cm³/mol. The molecule has 0 radical (unpaired) electrons. The molecule has 1 aromatic carbocycles. The third kappa shape index (κ3) is 5.09. The van der Waals surface area contributed by atoms with E-state index in [9.17, 15) is 9.59 Å². The highest BCUT2D eigenvalue weighted by atomic mass is 16.4. The second-order valence-corrected chi connectivity index (χ2v) is 11.0. The lowest BCUT2D eigenvalue weighted by atomic mass is 9.79. The van der Waals surface area contributed by atoms with E-state index in [0.29, 0.717) is 11.3 Å². The minimum absolute atomic E-state index is 0.0572. The molecule has 4 rings (SSSR count). The number of benzene rings is 1. The van der Waals surface area contributed by atoms with Crippen LogP contribution < -0.4 is 16.1 Å². The van der Waals surface area contributed by atoms with E-state index in [1.165, 1.54) is 0 Å². The zero-order chi connectivity index (χ0) is 24.7. The standard InChI is InChI=1S/C27H36N4O3/c1-16-10-7-8-11-19(16)24(32)30-29-20-12-9-13-21-22(20)17(2)23(34-21)25(33)28-18-14-26(3,4)31-27(5,6)15-18/h7-8,10-11,18,31H,9,12-15H2,1-6H3,(H,28,33)(H,30,32)/b29-20+. The van der Waals surface area contributed by atoms with E-state index in [4.69, 9.17) is 4.42 Å². The van der Waals surface area contributed by atoms with E-state index in [-0.39, 0.29) is 28.9 Å². The molecule has 0 unspecified atom stereocenters. The van der Waals surface area contributed by atoms with Gasteiger partial charge in [-0.05, 0) is 78.9 Å². The summed E-state index contributed by atoms with van der Waals surface area (Å²) in [5.74, 6) is 0.685. The fourth-order valence-corrected chi connectivity index (χ4v) is 5.68. The largest absolute Gasteiger partial charge is 0.455 e. The van der Waals surface area contributed by atoms with Gasteiger partial charge >= 0.3 is 0 Å². The number of carbonyl (C=O) groups excluding carboxylic acids is 2. The topological polar surface area (TPSA) is 95.7 Å². The summed E-state index contributed by atoms with van der Waals surface area (Å²) in [5, 5.41) is 11.3. The van der Waals surface area contributed by atoms with E-state index in [1.54, 1.807) is 6.07 Å². The Labute approximate surface area is 201 Å². The molecule has 0 bridgehead atoms. The Morgan fingerprint density at radius 1 is 1.03 bits per heavy atom. The van der Waals surface area contributed by atoms with Crippen molar-refractivity contribution in [1.29, 1.82) is 0 Å². The molecule has 0 atom stereocenters. The summed E-state index contributed by atoms with van der Waals surface area (Å²) in [4.78, 5) is 25.9. The predicted octanol–water partition coefficient (Wildman–Crippen LogP) is 4.41. The molecule has 182 valence electrons. The average molecular weight is 465 g/mol. The SMILES string of the molecule is Cc1ccccc1C(=O)N/N=C1\CCCc2oc(C(=O)NC3CC(C)(C)NC(C)(C)C3)c(C)c21. The van der Waals surface area contributed by atoms with Crippen LogP contribution >= 0.6 is 0 Å². The maximum atomic E-state index is 13.2. The van der Waals surface area contributed by atoms with Crippen molar-refractivity contribution in [3.63, 3.8) is 0 Å². The third-order valence-corrected chi connectivity index (χ3v) is 6.74. The number of aryl methyl sites for hydroxylation is 2. The molecule has 0 spiro atoms. The molecule has 1 aliphatic heterocycles. The van der Waals surface area contributed by atoms with Crippen molar-refractivity contribution in [1.82, 2.24) is 16.1 Å². The Bertz CT molecular complexity index is 1130. The number of nitrogens with zero attached hydrogens (tertiary/aromatic N) is 1. The van der Waals surface area contributed by atoms with E-state index in [1.807, 2.05) is 32.0 Å². The zero-order valence-electron chi connectivity index (χ0n) is 21.1. The number of rotatable bonds is 4. The molecule has 0 saturated carbocycles. The van der Waals surface area contributed by atoms with Crippen LogP contribution in [0.15, 0.2) is 33.8 Å². The lowest BCUT2D eigenvalue weighted by Crippen LogP contribution is -2.62. The van der Waals surface area contributed by atoms with Gasteiger partial charge in [-0.3, -0.25) is 9.59 Å². The van der Waals surface area contributed by atoms with Gasteiger partial charge in [0.15, 0.2) is 5.76 Å². The maximum Gasteiger partial charge on any atom is 0.287 e. The van der Waals surface area contributed by atoms with Crippen molar-refractivity contribution in [3.8, 4) is 0 Å². The van der Waals surface area contributed by atoms with Crippen LogP contribution in [-0.2, 0) is 6.42 Å². The lowest BCUT2D eigenvalue weighted by molar-refractivity contribution is 0.0842.